The smallest absolute Gasteiger partial charge is 0.497 e. The second-order valence-electron chi connectivity index (χ2n) is 5.74. The summed E-state index contributed by atoms with van der Waals surface area (Å²) in [6.45, 7) is 0. The van der Waals surface area contributed by atoms with Gasteiger partial charge in [-0.15, -0.1) is 0 Å². The molecular formula is C16H17F3O4S2. The lowest BCUT2D eigenvalue weighted by molar-refractivity contribution is -0.0496. The molecule has 2 aromatic rings. The second-order valence-corrected chi connectivity index (χ2v) is 10.5. The summed E-state index contributed by atoms with van der Waals surface area (Å²) in [7, 11) is -6.71. The van der Waals surface area contributed by atoms with E-state index in [1.165, 1.54) is 7.11 Å². The summed E-state index contributed by atoms with van der Waals surface area (Å²) >= 11 is 0. The zero-order chi connectivity index (χ0) is 18.3. The van der Waals surface area contributed by atoms with E-state index in [2.05, 4.69) is 0 Å². The highest BCUT2D eigenvalue weighted by atomic mass is 32.3. The summed E-state index contributed by atoms with van der Waals surface area (Å²) in [5.74, 6) is 1.21. The minimum Gasteiger partial charge on any atom is -0.497 e. The number of fused-ring (bicyclic) bond motifs is 1. The van der Waals surface area contributed by atoms with Crippen LogP contribution in [0.25, 0.3) is 10.8 Å². The van der Waals surface area contributed by atoms with Gasteiger partial charge in [-0.05, 0) is 47.9 Å². The van der Waals surface area contributed by atoms with Crippen molar-refractivity contribution in [3.05, 3.63) is 36.4 Å². The number of hydrogen-bond donors (Lipinski definition) is 0. The van der Waals surface area contributed by atoms with Gasteiger partial charge in [-0.25, -0.2) is 3.63 Å². The van der Waals surface area contributed by atoms with Gasteiger partial charge < -0.3 is 4.74 Å². The summed E-state index contributed by atoms with van der Waals surface area (Å²) in [5.41, 5.74) is -5.43. The van der Waals surface area contributed by atoms with E-state index >= 15 is 0 Å². The zero-order valence-electron chi connectivity index (χ0n) is 13.4. The van der Waals surface area contributed by atoms with Crippen molar-refractivity contribution in [3.63, 3.8) is 0 Å². The largest absolute Gasteiger partial charge is 0.523 e. The molecule has 4 nitrogen and oxygen atoms in total. The average Bonchev–Trinajstić information content (AvgIpc) is 3.01. The Labute approximate surface area is 145 Å². The number of ether oxygens (including phenoxy) is 1. The molecule has 1 aliphatic rings. The van der Waals surface area contributed by atoms with Crippen molar-refractivity contribution in [3.8, 4) is 5.75 Å². The molecule has 25 heavy (non-hydrogen) atoms. The van der Waals surface area contributed by atoms with Gasteiger partial charge in [0.2, 0.25) is 0 Å². The van der Waals surface area contributed by atoms with Gasteiger partial charge in [0.05, 0.1) is 7.11 Å². The molecule has 1 fully saturated rings. The van der Waals surface area contributed by atoms with Crippen LogP contribution in [0.5, 0.6) is 5.75 Å². The minimum absolute atomic E-state index is 0.299. The molecule has 1 saturated heterocycles. The van der Waals surface area contributed by atoms with Gasteiger partial charge in [-0.2, -0.15) is 21.6 Å². The van der Waals surface area contributed by atoms with Gasteiger partial charge in [0.25, 0.3) is 0 Å². The van der Waals surface area contributed by atoms with Gasteiger partial charge in [0.1, 0.15) is 5.75 Å². The highest BCUT2D eigenvalue weighted by Crippen LogP contribution is 2.64. The Hall–Kier alpha value is -1.45. The van der Waals surface area contributed by atoms with Crippen molar-refractivity contribution in [1.29, 1.82) is 0 Å². The maximum atomic E-state index is 12.9. The lowest BCUT2D eigenvalue weighted by atomic mass is 10.1. The molecule has 3 rings (SSSR count). The van der Waals surface area contributed by atoms with E-state index in [1.807, 2.05) is 6.07 Å². The minimum atomic E-state index is -5.66. The standard InChI is InChI=1S/C16H17F3O4S2/c1-22-13-7-8-14-12(11-13)5-4-6-15(14)24(9-2-3-10-24)23-25(20,21)16(17,18)19/h4-8,11H,2-3,9-10H2,1H3. The Bertz CT molecular complexity index is 888. The number of hydrogen-bond acceptors (Lipinski definition) is 4. The molecule has 0 aromatic heterocycles. The highest BCUT2D eigenvalue weighted by molar-refractivity contribution is 8.33. The topological polar surface area (TPSA) is 52.6 Å². The first-order valence-electron chi connectivity index (χ1n) is 7.56. The Morgan fingerprint density at radius 1 is 1.08 bits per heavy atom. The van der Waals surface area contributed by atoms with E-state index in [1.54, 1.807) is 30.3 Å². The van der Waals surface area contributed by atoms with E-state index in [9.17, 15) is 21.6 Å². The first kappa shape index (κ1) is 18.3. The maximum absolute atomic E-state index is 12.9. The third-order valence-corrected chi connectivity index (χ3v) is 9.53. The summed E-state index contributed by atoms with van der Waals surface area (Å²) in [6, 6.07) is 10.4. The number of methoxy groups -OCH3 is 1. The van der Waals surface area contributed by atoms with Crippen molar-refractivity contribution in [2.75, 3.05) is 18.6 Å². The lowest BCUT2D eigenvalue weighted by Crippen LogP contribution is -2.27. The van der Waals surface area contributed by atoms with Gasteiger partial charge >= 0.3 is 15.6 Å². The van der Waals surface area contributed by atoms with Crippen molar-refractivity contribution < 1.29 is 30.0 Å². The van der Waals surface area contributed by atoms with Crippen molar-refractivity contribution in [1.82, 2.24) is 0 Å². The van der Waals surface area contributed by atoms with Crippen LogP contribution in [-0.2, 0) is 13.7 Å². The van der Waals surface area contributed by atoms with Crippen LogP contribution < -0.4 is 4.74 Å². The van der Waals surface area contributed by atoms with Gasteiger partial charge in [-0.3, -0.25) is 0 Å². The summed E-state index contributed by atoms with van der Waals surface area (Å²) < 4.78 is 72.0. The fourth-order valence-electron chi connectivity index (χ4n) is 2.99. The monoisotopic (exact) mass is 394 g/mol. The number of benzene rings is 2. The Morgan fingerprint density at radius 2 is 1.76 bits per heavy atom. The molecule has 0 spiro atoms. The molecule has 0 bridgehead atoms. The maximum Gasteiger partial charge on any atom is 0.523 e. The lowest BCUT2D eigenvalue weighted by Gasteiger charge is -2.35. The first-order chi connectivity index (χ1) is 11.7. The number of alkyl halides is 3. The molecule has 138 valence electrons. The highest BCUT2D eigenvalue weighted by Gasteiger charge is 2.52. The Kier molecular flexibility index (Phi) is 4.67. The molecule has 2 aromatic carbocycles. The second kappa shape index (κ2) is 6.37. The number of rotatable bonds is 4. The molecule has 0 amide bonds. The molecule has 0 N–H and O–H groups in total. The van der Waals surface area contributed by atoms with E-state index in [-0.39, 0.29) is 0 Å². The van der Waals surface area contributed by atoms with E-state index in [4.69, 9.17) is 8.37 Å². The predicted molar refractivity (Wildman–Crippen MR) is 91.4 cm³/mol. The zero-order valence-corrected chi connectivity index (χ0v) is 15.0. The molecule has 1 heterocycles. The Balaban J connectivity index is 2.15. The van der Waals surface area contributed by atoms with Crippen molar-refractivity contribution in [2.24, 2.45) is 0 Å². The van der Waals surface area contributed by atoms with Crippen LogP contribution in [0.2, 0.25) is 0 Å². The predicted octanol–water partition coefficient (Wildman–Crippen LogP) is 4.59. The molecule has 1 aliphatic heterocycles. The van der Waals surface area contributed by atoms with E-state index in [0.29, 0.717) is 40.4 Å². The van der Waals surface area contributed by atoms with E-state index < -0.39 is 25.9 Å². The fraction of sp³-hybridized carbons (Fsp3) is 0.375. The van der Waals surface area contributed by atoms with Crippen molar-refractivity contribution >= 4 is 31.2 Å². The summed E-state index contributed by atoms with van der Waals surface area (Å²) in [5, 5.41) is 1.46. The molecular weight excluding hydrogens is 377 g/mol. The van der Waals surface area contributed by atoms with Crippen LogP contribution in [0.1, 0.15) is 12.8 Å². The van der Waals surface area contributed by atoms with Crippen LogP contribution in [0.15, 0.2) is 41.3 Å². The van der Waals surface area contributed by atoms with Gasteiger partial charge in [0.15, 0.2) is 0 Å². The van der Waals surface area contributed by atoms with Crippen LogP contribution in [-0.4, -0.2) is 32.5 Å². The molecule has 9 heteroatoms. The Morgan fingerprint density at radius 3 is 2.36 bits per heavy atom. The van der Waals surface area contributed by atoms with Crippen LogP contribution >= 0.6 is 10.3 Å². The third kappa shape index (κ3) is 3.32. The summed E-state index contributed by atoms with van der Waals surface area (Å²) in [4.78, 5) is 0.540. The number of halogens is 3. The SMILES string of the molecule is COc1ccc2c(S3(OS(=O)(=O)C(F)(F)F)CCCC3)cccc2c1. The molecule has 0 aliphatic carbocycles. The molecule has 0 radical (unpaired) electrons. The average molecular weight is 394 g/mol. The van der Waals surface area contributed by atoms with Gasteiger partial charge in [0, 0.05) is 16.4 Å². The van der Waals surface area contributed by atoms with Crippen molar-refractivity contribution in [2.45, 2.75) is 23.2 Å². The first-order valence-corrected chi connectivity index (χ1v) is 10.9. The van der Waals surface area contributed by atoms with E-state index in [0.717, 1.165) is 5.39 Å². The molecule has 0 unspecified atom stereocenters. The van der Waals surface area contributed by atoms with Crippen LogP contribution in [0.3, 0.4) is 0 Å². The van der Waals surface area contributed by atoms with Crippen LogP contribution in [0.4, 0.5) is 13.2 Å². The van der Waals surface area contributed by atoms with Gasteiger partial charge in [-0.1, -0.05) is 22.4 Å². The third-order valence-electron chi connectivity index (χ3n) is 4.15. The molecule has 0 atom stereocenters. The van der Waals surface area contributed by atoms with Crippen LogP contribution in [0, 0.1) is 0 Å². The summed E-state index contributed by atoms with van der Waals surface area (Å²) in [6.07, 6.45) is 1.27. The normalized spacial score (nSPS) is 19.0. The fourth-order valence-corrected chi connectivity index (χ4v) is 8.41. The molecule has 0 saturated carbocycles. The quantitative estimate of drug-likeness (QED) is 0.712.